The molecule has 1 amide bonds. The van der Waals surface area contributed by atoms with Crippen LogP contribution in [0.15, 0.2) is 64.1 Å². The van der Waals surface area contributed by atoms with Gasteiger partial charge in [0.15, 0.2) is 6.61 Å². The summed E-state index contributed by atoms with van der Waals surface area (Å²) in [6, 6.07) is 15.4. The van der Waals surface area contributed by atoms with E-state index in [4.69, 9.17) is 9.15 Å². The van der Waals surface area contributed by atoms with Gasteiger partial charge in [-0.25, -0.2) is 5.43 Å². The number of furan rings is 1. The predicted molar refractivity (Wildman–Crippen MR) is 108 cm³/mol. The molecule has 0 aliphatic carbocycles. The summed E-state index contributed by atoms with van der Waals surface area (Å²) in [7, 11) is 0. The van der Waals surface area contributed by atoms with E-state index >= 15 is 0 Å². The third-order valence-corrected chi connectivity index (χ3v) is 4.05. The van der Waals surface area contributed by atoms with Crippen molar-refractivity contribution >= 4 is 17.8 Å². The number of hydrogen-bond donors (Lipinski definition) is 1. The summed E-state index contributed by atoms with van der Waals surface area (Å²) in [6.45, 7) is 3.55. The highest BCUT2D eigenvalue weighted by molar-refractivity contribution is 5.81. The number of nitro groups is 1. The number of benzene rings is 2. The van der Waals surface area contributed by atoms with E-state index in [0.717, 1.165) is 16.7 Å². The van der Waals surface area contributed by atoms with Crippen molar-refractivity contribution in [3.05, 3.63) is 81.6 Å². The van der Waals surface area contributed by atoms with E-state index in [2.05, 4.69) is 10.5 Å². The molecule has 0 unspecified atom stereocenters. The number of ether oxygens (including phenoxy) is 1. The number of aryl methyl sites for hydroxylation is 2. The average molecular weight is 393 g/mol. The smallest absolute Gasteiger partial charge is 0.277 e. The van der Waals surface area contributed by atoms with Crippen LogP contribution in [0.5, 0.6) is 5.75 Å². The minimum atomic E-state index is -0.442. The zero-order chi connectivity index (χ0) is 20.8. The molecule has 0 saturated heterocycles. The van der Waals surface area contributed by atoms with Crippen LogP contribution in [0.1, 0.15) is 16.9 Å². The number of amides is 1. The molecule has 1 aromatic heterocycles. The highest BCUT2D eigenvalue weighted by Crippen LogP contribution is 2.28. The molecule has 3 aromatic rings. The second-order valence-electron chi connectivity index (χ2n) is 6.36. The highest BCUT2D eigenvalue weighted by atomic mass is 16.6. The van der Waals surface area contributed by atoms with Gasteiger partial charge in [0.1, 0.15) is 17.3 Å². The third-order valence-electron chi connectivity index (χ3n) is 4.05. The molecule has 0 atom stereocenters. The number of carbonyl (C=O) groups is 1. The molecule has 1 heterocycles. The summed E-state index contributed by atoms with van der Waals surface area (Å²) in [5.74, 6) is 1.18. The zero-order valence-electron chi connectivity index (χ0n) is 15.9. The van der Waals surface area contributed by atoms with E-state index in [-0.39, 0.29) is 12.3 Å². The molecule has 0 fully saturated rings. The molecule has 8 heteroatoms. The Morgan fingerprint density at radius 1 is 1.21 bits per heavy atom. The SMILES string of the molecule is Cc1cccc(OCC(=O)N/N=C\c2ccc(-c3ccc([N+](=O)[O-])cc3C)o2)c1. The fourth-order valence-corrected chi connectivity index (χ4v) is 2.66. The number of nitrogens with one attached hydrogen (secondary N) is 1. The molecule has 0 bridgehead atoms. The molecular weight excluding hydrogens is 374 g/mol. The number of carbonyl (C=O) groups excluding carboxylic acids is 1. The molecular formula is C21H19N3O5. The number of hydrazone groups is 1. The maximum absolute atomic E-state index is 11.8. The molecule has 0 spiro atoms. The van der Waals surface area contributed by atoms with Gasteiger partial charge in [-0.05, 0) is 55.3 Å². The zero-order valence-corrected chi connectivity index (χ0v) is 15.9. The van der Waals surface area contributed by atoms with Crippen LogP contribution in [-0.2, 0) is 4.79 Å². The van der Waals surface area contributed by atoms with Crippen molar-refractivity contribution in [3.8, 4) is 17.1 Å². The first kappa shape index (κ1) is 19.8. The normalized spacial score (nSPS) is 10.8. The molecule has 0 aliphatic rings. The van der Waals surface area contributed by atoms with Gasteiger partial charge in [-0.2, -0.15) is 5.10 Å². The first-order chi connectivity index (χ1) is 13.9. The van der Waals surface area contributed by atoms with E-state index in [0.29, 0.717) is 17.3 Å². The van der Waals surface area contributed by atoms with Crippen LogP contribution in [0.2, 0.25) is 0 Å². The van der Waals surface area contributed by atoms with Gasteiger partial charge >= 0.3 is 0 Å². The summed E-state index contributed by atoms with van der Waals surface area (Å²) in [5, 5.41) is 14.7. The molecule has 2 aromatic carbocycles. The summed E-state index contributed by atoms with van der Waals surface area (Å²) in [6.07, 6.45) is 1.37. The van der Waals surface area contributed by atoms with Crippen LogP contribution in [0.4, 0.5) is 5.69 Å². The van der Waals surface area contributed by atoms with Crippen molar-refractivity contribution in [1.82, 2.24) is 5.43 Å². The molecule has 3 rings (SSSR count). The van der Waals surface area contributed by atoms with Crippen LogP contribution in [0, 0.1) is 24.0 Å². The Balaban J connectivity index is 1.56. The molecule has 8 nitrogen and oxygen atoms in total. The Hall–Kier alpha value is -3.94. The summed E-state index contributed by atoms with van der Waals surface area (Å²) in [4.78, 5) is 22.2. The van der Waals surface area contributed by atoms with Crippen molar-refractivity contribution in [2.45, 2.75) is 13.8 Å². The largest absolute Gasteiger partial charge is 0.484 e. The molecule has 0 saturated carbocycles. The van der Waals surface area contributed by atoms with Crippen molar-refractivity contribution in [3.63, 3.8) is 0 Å². The van der Waals surface area contributed by atoms with Crippen molar-refractivity contribution in [2.24, 2.45) is 5.10 Å². The Morgan fingerprint density at radius 2 is 2.03 bits per heavy atom. The Kier molecular flexibility index (Phi) is 6.03. The maximum Gasteiger partial charge on any atom is 0.277 e. The molecule has 148 valence electrons. The Bertz CT molecular complexity index is 1070. The first-order valence-corrected chi connectivity index (χ1v) is 8.79. The van der Waals surface area contributed by atoms with Gasteiger partial charge in [0.05, 0.1) is 11.1 Å². The first-order valence-electron chi connectivity index (χ1n) is 8.79. The fraction of sp³-hybridized carbons (Fsp3) is 0.143. The van der Waals surface area contributed by atoms with E-state index in [9.17, 15) is 14.9 Å². The summed E-state index contributed by atoms with van der Waals surface area (Å²) >= 11 is 0. The third kappa shape index (κ3) is 5.29. The van der Waals surface area contributed by atoms with Gasteiger partial charge in [0.25, 0.3) is 11.6 Å². The molecule has 29 heavy (non-hydrogen) atoms. The second-order valence-corrected chi connectivity index (χ2v) is 6.36. The second kappa shape index (κ2) is 8.83. The Labute approximate surface area is 167 Å². The average Bonchev–Trinajstić information content (AvgIpc) is 3.15. The summed E-state index contributed by atoms with van der Waals surface area (Å²) in [5.41, 5.74) is 4.89. The van der Waals surface area contributed by atoms with Gasteiger partial charge < -0.3 is 9.15 Å². The number of non-ortho nitro benzene ring substituents is 1. The monoisotopic (exact) mass is 393 g/mol. The van der Waals surface area contributed by atoms with Gasteiger partial charge in [0.2, 0.25) is 0 Å². The maximum atomic E-state index is 11.8. The van der Waals surface area contributed by atoms with Gasteiger partial charge in [-0.1, -0.05) is 12.1 Å². The molecule has 0 aliphatic heterocycles. The minimum absolute atomic E-state index is 0.0233. The van der Waals surface area contributed by atoms with Crippen LogP contribution in [0.25, 0.3) is 11.3 Å². The van der Waals surface area contributed by atoms with Crippen LogP contribution < -0.4 is 10.2 Å². The lowest BCUT2D eigenvalue weighted by atomic mass is 10.1. The molecule has 0 radical (unpaired) electrons. The van der Waals surface area contributed by atoms with Crippen molar-refractivity contribution in [1.29, 1.82) is 0 Å². The van der Waals surface area contributed by atoms with Crippen LogP contribution in [0.3, 0.4) is 0 Å². The lowest BCUT2D eigenvalue weighted by Crippen LogP contribution is -2.24. The minimum Gasteiger partial charge on any atom is -0.484 e. The molecule has 1 N–H and O–H groups in total. The quantitative estimate of drug-likeness (QED) is 0.371. The van der Waals surface area contributed by atoms with E-state index in [1.807, 2.05) is 25.1 Å². The van der Waals surface area contributed by atoms with Crippen molar-refractivity contribution in [2.75, 3.05) is 6.61 Å². The van der Waals surface area contributed by atoms with Gasteiger partial charge in [-0.3, -0.25) is 14.9 Å². The van der Waals surface area contributed by atoms with E-state index in [1.54, 1.807) is 31.2 Å². The van der Waals surface area contributed by atoms with Gasteiger partial charge in [-0.15, -0.1) is 0 Å². The number of nitrogens with zero attached hydrogens (tertiary/aromatic N) is 2. The predicted octanol–water partition coefficient (Wildman–Crippen LogP) is 4.00. The summed E-state index contributed by atoms with van der Waals surface area (Å²) < 4.78 is 11.1. The lowest BCUT2D eigenvalue weighted by molar-refractivity contribution is -0.384. The number of nitro benzene ring substituents is 1. The Morgan fingerprint density at radius 3 is 2.76 bits per heavy atom. The van der Waals surface area contributed by atoms with E-state index in [1.165, 1.54) is 18.3 Å². The number of hydrogen-bond acceptors (Lipinski definition) is 6. The van der Waals surface area contributed by atoms with Gasteiger partial charge in [0, 0.05) is 17.7 Å². The van der Waals surface area contributed by atoms with Crippen molar-refractivity contribution < 1.29 is 18.9 Å². The lowest BCUT2D eigenvalue weighted by Gasteiger charge is -2.05. The fourth-order valence-electron chi connectivity index (χ4n) is 2.66. The topological polar surface area (TPSA) is 107 Å². The van der Waals surface area contributed by atoms with Crippen LogP contribution >= 0.6 is 0 Å². The van der Waals surface area contributed by atoms with E-state index < -0.39 is 10.8 Å². The standard InChI is InChI=1S/C21H19N3O5/c1-14-4-3-5-17(10-14)28-13-21(25)23-22-12-18-7-9-20(29-18)19-8-6-16(24(26)27)11-15(19)2/h3-12H,13H2,1-2H3,(H,23,25)/b22-12-. The highest BCUT2D eigenvalue weighted by Gasteiger charge is 2.12. The van der Waals surface area contributed by atoms with Crippen LogP contribution in [-0.4, -0.2) is 23.7 Å². The number of rotatable bonds is 7.